The number of hydrogen-bond acceptors (Lipinski definition) is 2. The van der Waals surface area contributed by atoms with Crippen LogP contribution in [0.5, 0.6) is 0 Å². The molecule has 1 aliphatic heterocycles. The number of nitrogens with zero attached hydrogens (tertiary/aromatic N) is 2. The number of carbonyl (C=O) groups excluding carboxylic acids is 1. The number of amides is 2. The van der Waals surface area contributed by atoms with E-state index >= 15 is 0 Å². The topological polar surface area (TPSA) is 35.6 Å². The minimum atomic E-state index is 0.0225. The van der Waals surface area contributed by atoms with E-state index in [0.717, 1.165) is 44.5 Å². The summed E-state index contributed by atoms with van der Waals surface area (Å²) in [7, 11) is 2.14. The Labute approximate surface area is 131 Å². The van der Waals surface area contributed by atoms with Crippen molar-refractivity contribution in [2.75, 3.05) is 25.5 Å². The fraction of sp³-hybridized carbons (Fsp3) is 0.562. The van der Waals surface area contributed by atoms with E-state index in [1.807, 2.05) is 18.2 Å². The van der Waals surface area contributed by atoms with Crippen LogP contribution in [0, 0.1) is 0 Å². The van der Waals surface area contributed by atoms with Crippen molar-refractivity contribution >= 4 is 23.3 Å². The van der Waals surface area contributed by atoms with Crippen LogP contribution >= 0.6 is 11.6 Å². The molecular weight excluding hydrogens is 286 g/mol. The molecule has 0 unspecified atom stereocenters. The third-order valence-corrected chi connectivity index (χ3v) is 4.57. The Bertz CT molecular complexity index is 510. The van der Waals surface area contributed by atoms with E-state index < -0.39 is 0 Å². The van der Waals surface area contributed by atoms with Gasteiger partial charge in [-0.05, 0) is 64.0 Å². The lowest BCUT2D eigenvalue weighted by Gasteiger charge is -2.37. The molecule has 114 valence electrons. The molecule has 1 heterocycles. The van der Waals surface area contributed by atoms with Gasteiger partial charge in [-0.25, -0.2) is 4.79 Å². The predicted octanol–water partition coefficient (Wildman–Crippen LogP) is 3.43. The molecule has 1 N–H and O–H groups in total. The van der Waals surface area contributed by atoms with Gasteiger partial charge in [0.15, 0.2) is 0 Å². The second kappa shape index (κ2) is 6.24. The maximum Gasteiger partial charge on any atom is 0.322 e. The number of hydrogen-bond donors (Lipinski definition) is 1. The van der Waals surface area contributed by atoms with Gasteiger partial charge in [0.2, 0.25) is 0 Å². The Morgan fingerprint density at radius 1 is 1.24 bits per heavy atom. The van der Waals surface area contributed by atoms with Crippen LogP contribution in [0.1, 0.15) is 25.7 Å². The van der Waals surface area contributed by atoms with Gasteiger partial charge in [-0.3, -0.25) is 0 Å². The Morgan fingerprint density at radius 3 is 2.52 bits per heavy atom. The first kappa shape index (κ1) is 14.7. The molecule has 1 aromatic carbocycles. The van der Waals surface area contributed by atoms with Crippen molar-refractivity contribution < 1.29 is 4.79 Å². The van der Waals surface area contributed by atoms with Crippen molar-refractivity contribution in [3.05, 3.63) is 29.3 Å². The van der Waals surface area contributed by atoms with Gasteiger partial charge in [0, 0.05) is 22.8 Å². The van der Waals surface area contributed by atoms with E-state index in [-0.39, 0.29) is 6.03 Å². The molecule has 0 bridgehead atoms. The lowest BCUT2D eigenvalue weighted by Crippen LogP contribution is -2.49. The van der Waals surface area contributed by atoms with Gasteiger partial charge >= 0.3 is 6.03 Å². The highest BCUT2D eigenvalue weighted by molar-refractivity contribution is 6.30. The molecule has 2 aliphatic rings. The third-order valence-electron chi connectivity index (χ3n) is 4.33. The van der Waals surface area contributed by atoms with E-state index in [4.69, 9.17) is 11.6 Å². The zero-order valence-electron chi connectivity index (χ0n) is 12.4. The van der Waals surface area contributed by atoms with Crippen molar-refractivity contribution in [1.29, 1.82) is 0 Å². The third kappa shape index (κ3) is 3.69. The van der Waals surface area contributed by atoms with Crippen LogP contribution in [0.4, 0.5) is 10.5 Å². The minimum absolute atomic E-state index is 0.0225. The first-order valence-corrected chi connectivity index (χ1v) is 8.05. The number of rotatable bonds is 3. The summed E-state index contributed by atoms with van der Waals surface area (Å²) in [5, 5.41) is 3.65. The maximum absolute atomic E-state index is 12.6. The highest BCUT2D eigenvalue weighted by atomic mass is 35.5. The summed E-state index contributed by atoms with van der Waals surface area (Å²) in [6, 6.07) is 8.16. The summed E-state index contributed by atoms with van der Waals surface area (Å²) in [5.41, 5.74) is 0.770. The molecule has 5 heteroatoms. The zero-order valence-corrected chi connectivity index (χ0v) is 13.1. The van der Waals surface area contributed by atoms with Gasteiger partial charge in [-0.2, -0.15) is 0 Å². The second-order valence-electron chi connectivity index (χ2n) is 6.11. The Morgan fingerprint density at radius 2 is 1.90 bits per heavy atom. The summed E-state index contributed by atoms with van der Waals surface area (Å²) in [4.78, 5) is 17.1. The molecule has 1 saturated heterocycles. The van der Waals surface area contributed by atoms with Gasteiger partial charge in [0.1, 0.15) is 0 Å². The molecule has 0 radical (unpaired) electrons. The Balaban J connectivity index is 1.67. The minimum Gasteiger partial charge on any atom is -0.318 e. The smallest absolute Gasteiger partial charge is 0.318 e. The van der Waals surface area contributed by atoms with Crippen molar-refractivity contribution in [3.63, 3.8) is 0 Å². The van der Waals surface area contributed by atoms with E-state index in [1.165, 1.54) is 0 Å². The van der Waals surface area contributed by atoms with Crippen LogP contribution in [0.25, 0.3) is 0 Å². The van der Waals surface area contributed by atoms with Crippen LogP contribution in [0.15, 0.2) is 24.3 Å². The number of nitrogens with one attached hydrogen (secondary N) is 1. The molecule has 4 nitrogen and oxygen atoms in total. The summed E-state index contributed by atoms with van der Waals surface area (Å²) >= 11 is 5.98. The first-order valence-electron chi connectivity index (χ1n) is 7.67. The largest absolute Gasteiger partial charge is 0.322 e. The number of anilines is 1. The number of carbonyl (C=O) groups is 1. The highest BCUT2D eigenvalue weighted by Crippen LogP contribution is 2.32. The van der Waals surface area contributed by atoms with Gasteiger partial charge in [0.05, 0.1) is 0 Å². The quantitative estimate of drug-likeness (QED) is 0.928. The van der Waals surface area contributed by atoms with E-state index in [1.54, 1.807) is 6.07 Å². The van der Waals surface area contributed by atoms with Gasteiger partial charge < -0.3 is 15.1 Å². The van der Waals surface area contributed by atoms with Gasteiger partial charge in [-0.1, -0.05) is 17.7 Å². The lowest BCUT2D eigenvalue weighted by atomic mass is 10.0. The van der Waals surface area contributed by atoms with Crippen LogP contribution in [0.3, 0.4) is 0 Å². The fourth-order valence-corrected chi connectivity index (χ4v) is 3.20. The van der Waals surface area contributed by atoms with Crippen LogP contribution in [-0.2, 0) is 0 Å². The predicted molar refractivity (Wildman–Crippen MR) is 85.9 cm³/mol. The van der Waals surface area contributed by atoms with Crippen molar-refractivity contribution in [2.24, 2.45) is 0 Å². The molecule has 1 aromatic rings. The lowest BCUT2D eigenvalue weighted by molar-refractivity contribution is 0.135. The fourth-order valence-electron chi connectivity index (χ4n) is 3.01. The summed E-state index contributed by atoms with van der Waals surface area (Å²) < 4.78 is 0. The van der Waals surface area contributed by atoms with Gasteiger partial charge in [-0.15, -0.1) is 0 Å². The van der Waals surface area contributed by atoms with Crippen LogP contribution in [-0.4, -0.2) is 48.1 Å². The number of halogens is 1. The molecule has 1 saturated carbocycles. The molecular formula is C16H22ClN3O. The van der Waals surface area contributed by atoms with Gasteiger partial charge in [0.25, 0.3) is 0 Å². The average Bonchev–Trinajstić information content (AvgIpc) is 3.26. The number of urea groups is 1. The summed E-state index contributed by atoms with van der Waals surface area (Å²) in [5.74, 6) is 0. The van der Waals surface area contributed by atoms with E-state index in [0.29, 0.717) is 17.1 Å². The maximum atomic E-state index is 12.6. The molecule has 2 fully saturated rings. The molecule has 3 rings (SSSR count). The highest BCUT2D eigenvalue weighted by Gasteiger charge is 2.38. The summed E-state index contributed by atoms with van der Waals surface area (Å²) in [6.07, 6.45) is 4.40. The zero-order chi connectivity index (χ0) is 14.8. The van der Waals surface area contributed by atoms with Crippen LogP contribution in [0.2, 0.25) is 5.02 Å². The Hall–Kier alpha value is -1.26. The number of likely N-dealkylation sites (tertiary alicyclic amines) is 1. The molecule has 0 atom stereocenters. The first-order chi connectivity index (χ1) is 10.1. The molecule has 2 amide bonds. The monoisotopic (exact) mass is 307 g/mol. The molecule has 1 aliphatic carbocycles. The summed E-state index contributed by atoms with van der Waals surface area (Å²) in [6.45, 7) is 2.14. The van der Waals surface area contributed by atoms with E-state index in [9.17, 15) is 4.79 Å². The van der Waals surface area contributed by atoms with Crippen LogP contribution < -0.4 is 5.32 Å². The average molecular weight is 308 g/mol. The normalized spacial score (nSPS) is 20.3. The van der Waals surface area contributed by atoms with Crippen molar-refractivity contribution in [3.8, 4) is 0 Å². The van der Waals surface area contributed by atoms with Crippen molar-refractivity contribution in [1.82, 2.24) is 9.80 Å². The SMILES string of the molecule is CN1CCC(N(C(=O)Nc2cccc(Cl)c2)C2CC2)CC1. The molecule has 21 heavy (non-hydrogen) atoms. The Kier molecular flexibility index (Phi) is 4.36. The number of benzene rings is 1. The second-order valence-corrected chi connectivity index (χ2v) is 6.55. The molecule has 0 aromatic heterocycles. The number of piperidine rings is 1. The van der Waals surface area contributed by atoms with Crippen molar-refractivity contribution in [2.45, 2.75) is 37.8 Å². The standard InChI is InChI=1S/C16H22ClN3O/c1-19-9-7-15(8-10-19)20(14-5-6-14)16(21)18-13-4-2-3-12(17)11-13/h2-4,11,14-15H,5-10H2,1H3,(H,18,21). The van der Waals surface area contributed by atoms with E-state index in [2.05, 4.69) is 22.2 Å². The molecule has 0 spiro atoms.